The van der Waals surface area contributed by atoms with Gasteiger partial charge in [-0.1, -0.05) is 23.7 Å². The fourth-order valence-electron chi connectivity index (χ4n) is 1.44. The predicted molar refractivity (Wildman–Crippen MR) is 62.2 cm³/mol. The van der Waals surface area contributed by atoms with Gasteiger partial charge in [0.25, 0.3) is 0 Å². The zero-order chi connectivity index (χ0) is 12.3. The van der Waals surface area contributed by atoms with Gasteiger partial charge in [-0.2, -0.15) is 0 Å². The first kappa shape index (κ1) is 13.0. The maximum atomic E-state index is 11.5. The number of hydrogen-bond acceptors (Lipinski definition) is 3. The van der Waals surface area contributed by atoms with Crippen LogP contribution in [0, 0.1) is 5.41 Å². The van der Waals surface area contributed by atoms with Gasteiger partial charge in [0.15, 0.2) is 0 Å². The van der Waals surface area contributed by atoms with Gasteiger partial charge in [-0.25, -0.2) is 0 Å². The lowest BCUT2D eigenvalue weighted by molar-refractivity contribution is -0.157. The number of ether oxygens (including phenoxy) is 1. The van der Waals surface area contributed by atoms with Crippen molar-refractivity contribution >= 4 is 17.6 Å². The minimum Gasteiger partial charge on any atom is -0.469 e. The first-order chi connectivity index (χ1) is 7.39. The highest BCUT2D eigenvalue weighted by atomic mass is 35.5. The SMILES string of the molecule is COC(=O)C(C)(C)[C@H](O)c1ccc(Cl)cc1. The number of carbonyl (C=O) groups excluding carboxylic acids is 1. The van der Waals surface area contributed by atoms with E-state index >= 15 is 0 Å². The number of rotatable bonds is 3. The molecule has 1 rings (SSSR count). The Labute approximate surface area is 100.0 Å². The molecule has 0 fully saturated rings. The number of benzene rings is 1. The zero-order valence-electron chi connectivity index (χ0n) is 9.53. The van der Waals surface area contributed by atoms with Gasteiger partial charge in [0, 0.05) is 5.02 Å². The van der Waals surface area contributed by atoms with Crippen molar-refractivity contribution in [1.29, 1.82) is 0 Å². The van der Waals surface area contributed by atoms with Gasteiger partial charge in [-0.05, 0) is 31.5 Å². The molecule has 0 heterocycles. The van der Waals surface area contributed by atoms with Crippen LogP contribution in [0.5, 0.6) is 0 Å². The van der Waals surface area contributed by atoms with Crippen LogP contribution in [-0.4, -0.2) is 18.2 Å². The van der Waals surface area contributed by atoms with Crippen molar-refractivity contribution in [2.75, 3.05) is 7.11 Å². The average molecular weight is 243 g/mol. The summed E-state index contributed by atoms with van der Waals surface area (Å²) in [6.45, 7) is 3.27. The highest BCUT2D eigenvalue weighted by Crippen LogP contribution is 2.34. The number of carbonyl (C=O) groups is 1. The summed E-state index contributed by atoms with van der Waals surface area (Å²) < 4.78 is 4.66. The number of esters is 1. The fourth-order valence-corrected chi connectivity index (χ4v) is 1.56. The number of hydrogen-bond donors (Lipinski definition) is 1. The molecule has 1 N–H and O–H groups in total. The highest BCUT2D eigenvalue weighted by molar-refractivity contribution is 6.30. The monoisotopic (exact) mass is 242 g/mol. The van der Waals surface area contributed by atoms with Crippen LogP contribution >= 0.6 is 11.6 Å². The normalized spacial score (nSPS) is 13.3. The largest absolute Gasteiger partial charge is 0.469 e. The van der Waals surface area contributed by atoms with Crippen LogP contribution in [0.3, 0.4) is 0 Å². The minimum atomic E-state index is -0.984. The van der Waals surface area contributed by atoms with E-state index in [1.165, 1.54) is 7.11 Å². The topological polar surface area (TPSA) is 46.5 Å². The van der Waals surface area contributed by atoms with E-state index in [9.17, 15) is 9.90 Å². The van der Waals surface area contributed by atoms with Crippen LogP contribution in [0.15, 0.2) is 24.3 Å². The van der Waals surface area contributed by atoms with Gasteiger partial charge in [0.1, 0.15) is 0 Å². The third-order valence-corrected chi connectivity index (χ3v) is 2.83. The minimum absolute atomic E-state index is 0.449. The van der Waals surface area contributed by atoms with Crippen molar-refractivity contribution in [1.82, 2.24) is 0 Å². The van der Waals surface area contributed by atoms with E-state index in [0.717, 1.165) is 0 Å². The molecule has 1 atom stereocenters. The Kier molecular flexibility index (Phi) is 3.94. The molecule has 1 aromatic carbocycles. The maximum Gasteiger partial charge on any atom is 0.314 e. The molecule has 16 heavy (non-hydrogen) atoms. The van der Waals surface area contributed by atoms with Crippen molar-refractivity contribution in [2.45, 2.75) is 20.0 Å². The molecule has 0 amide bonds. The predicted octanol–water partition coefficient (Wildman–Crippen LogP) is 2.57. The summed E-state index contributed by atoms with van der Waals surface area (Å²) in [5.41, 5.74) is -0.345. The third kappa shape index (κ3) is 2.54. The molecule has 1 aromatic rings. The van der Waals surface area contributed by atoms with E-state index in [0.29, 0.717) is 10.6 Å². The van der Waals surface area contributed by atoms with E-state index in [1.54, 1.807) is 38.1 Å². The van der Waals surface area contributed by atoms with Crippen molar-refractivity contribution in [3.8, 4) is 0 Å². The molecule has 0 radical (unpaired) electrons. The molecule has 0 aliphatic carbocycles. The molecule has 3 nitrogen and oxygen atoms in total. The Balaban J connectivity index is 2.97. The van der Waals surface area contributed by atoms with Crippen molar-refractivity contribution in [3.05, 3.63) is 34.9 Å². The summed E-state index contributed by atoms with van der Waals surface area (Å²) in [5, 5.41) is 10.7. The molecule has 0 aliphatic heterocycles. The second-order valence-electron chi connectivity index (χ2n) is 4.17. The van der Waals surface area contributed by atoms with E-state index in [-0.39, 0.29) is 0 Å². The van der Waals surface area contributed by atoms with E-state index in [1.807, 2.05) is 0 Å². The number of halogens is 1. The smallest absolute Gasteiger partial charge is 0.314 e. The highest BCUT2D eigenvalue weighted by Gasteiger charge is 2.37. The summed E-state index contributed by atoms with van der Waals surface area (Å²) in [7, 11) is 1.30. The van der Waals surface area contributed by atoms with Crippen LogP contribution in [0.2, 0.25) is 5.02 Å². The van der Waals surface area contributed by atoms with E-state index in [4.69, 9.17) is 11.6 Å². The van der Waals surface area contributed by atoms with Crippen LogP contribution in [-0.2, 0) is 9.53 Å². The summed E-state index contributed by atoms with van der Waals surface area (Å²) in [5.74, 6) is -0.449. The second-order valence-corrected chi connectivity index (χ2v) is 4.60. The van der Waals surface area contributed by atoms with Gasteiger partial charge >= 0.3 is 5.97 Å². The summed E-state index contributed by atoms with van der Waals surface area (Å²) >= 11 is 5.75. The van der Waals surface area contributed by atoms with Gasteiger partial charge in [0.2, 0.25) is 0 Å². The first-order valence-electron chi connectivity index (χ1n) is 4.91. The summed E-state index contributed by atoms with van der Waals surface area (Å²) in [6, 6.07) is 6.73. The Morgan fingerprint density at radius 3 is 2.31 bits per heavy atom. The number of aliphatic hydroxyl groups is 1. The molecular weight excluding hydrogens is 228 g/mol. The average Bonchev–Trinajstić information content (AvgIpc) is 2.28. The molecule has 0 spiro atoms. The molecule has 0 bridgehead atoms. The van der Waals surface area contributed by atoms with E-state index in [2.05, 4.69) is 4.74 Å². The summed E-state index contributed by atoms with van der Waals surface area (Å²) in [6.07, 6.45) is -0.919. The van der Waals surface area contributed by atoms with E-state index < -0.39 is 17.5 Å². The lowest BCUT2D eigenvalue weighted by Gasteiger charge is -2.27. The fraction of sp³-hybridized carbons (Fsp3) is 0.417. The third-order valence-electron chi connectivity index (χ3n) is 2.58. The molecule has 88 valence electrons. The lowest BCUT2D eigenvalue weighted by Crippen LogP contribution is -2.32. The summed E-state index contributed by atoms with van der Waals surface area (Å²) in [4.78, 5) is 11.5. The quantitative estimate of drug-likeness (QED) is 0.829. The van der Waals surface area contributed by atoms with Crippen LogP contribution in [0.4, 0.5) is 0 Å². The van der Waals surface area contributed by atoms with Crippen molar-refractivity contribution in [2.24, 2.45) is 5.41 Å². The standard InChI is InChI=1S/C12H15ClO3/c1-12(2,11(15)16-3)10(14)8-4-6-9(13)7-5-8/h4-7,10,14H,1-3H3/t10-/m1/s1. The van der Waals surface area contributed by atoms with Gasteiger partial charge in [-0.3, -0.25) is 4.79 Å². The Morgan fingerprint density at radius 1 is 1.38 bits per heavy atom. The Bertz CT molecular complexity index is 370. The van der Waals surface area contributed by atoms with Gasteiger partial charge in [-0.15, -0.1) is 0 Å². The molecule has 0 aromatic heterocycles. The van der Waals surface area contributed by atoms with Crippen LogP contribution in [0.25, 0.3) is 0 Å². The molecule has 0 aliphatic rings. The first-order valence-corrected chi connectivity index (χ1v) is 5.29. The van der Waals surface area contributed by atoms with Crippen LogP contribution in [0.1, 0.15) is 25.5 Å². The lowest BCUT2D eigenvalue weighted by atomic mass is 9.83. The van der Waals surface area contributed by atoms with Gasteiger partial charge < -0.3 is 9.84 Å². The molecule has 0 unspecified atom stereocenters. The Morgan fingerprint density at radius 2 is 1.88 bits per heavy atom. The Hall–Kier alpha value is -1.06. The number of methoxy groups -OCH3 is 1. The van der Waals surface area contributed by atoms with Crippen LogP contribution < -0.4 is 0 Å². The molecule has 4 heteroatoms. The molecule has 0 saturated heterocycles. The zero-order valence-corrected chi connectivity index (χ0v) is 10.3. The van der Waals surface area contributed by atoms with Crippen molar-refractivity contribution < 1.29 is 14.6 Å². The maximum absolute atomic E-state index is 11.5. The second kappa shape index (κ2) is 4.85. The number of aliphatic hydroxyl groups excluding tert-OH is 1. The van der Waals surface area contributed by atoms with Gasteiger partial charge in [0.05, 0.1) is 18.6 Å². The molecular formula is C12H15ClO3. The van der Waals surface area contributed by atoms with Crippen molar-refractivity contribution in [3.63, 3.8) is 0 Å². The molecule has 0 saturated carbocycles.